The van der Waals surface area contributed by atoms with E-state index in [9.17, 15) is 9.90 Å². The highest BCUT2D eigenvalue weighted by atomic mass is 16.5. The van der Waals surface area contributed by atoms with E-state index in [0.29, 0.717) is 12.3 Å². The van der Waals surface area contributed by atoms with E-state index >= 15 is 0 Å². The predicted molar refractivity (Wildman–Crippen MR) is 88.0 cm³/mol. The Hall–Kier alpha value is -1.63. The van der Waals surface area contributed by atoms with Gasteiger partial charge in [-0.1, -0.05) is 18.2 Å². The number of aliphatic hydroxyl groups excluding tert-OH is 1. The van der Waals surface area contributed by atoms with Gasteiger partial charge in [-0.3, -0.25) is 4.90 Å². The van der Waals surface area contributed by atoms with Gasteiger partial charge in [0.25, 0.3) is 0 Å². The minimum Gasteiger partial charge on any atom is -0.482 e. The first-order valence-electron chi connectivity index (χ1n) is 8.56. The molecule has 0 radical (unpaired) electrons. The minimum atomic E-state index is -0.979. The molecule has 0 aliphatic carbocycles. The van der Waals surface area contributed by atoms with Crippen LogP contribution in [0.1, 0.15) is 31.2 Å². The Morgan fingerprint density at radius 2 is 2.08 bits per heavy atom. The maximum absolute atomic E-state index is 10.7. The molecular weight excluding hydrogens is 310 g/mol. The summed E-state index contributed by atoms with van der Waals surface area (Å²) in [6, 6.07) is 7.55. The van der Waals surface area contributed by atoms with Gasteiger partial charge in [0.2, 0.25) is 0 Å². The largest absolute Gasteiger partial charge is 0.482 e. The van der Waals surface area contributed by atoms with Crippen molar-refractivity contribution in [2.24, 2.45) is 0 Å². The van der Waals surface area contributed by atoms with Crippen molar-refractivity contribution in [3.8, 4) is 5.75 Å². The highest BCUT2D eigenvalue weighted by Crippen LogP contribution is 2.36. The maximum Gasteiger partial charge on any atom is 0.341 e. The average molecular weight is 335 g/mol. The molecule has 2 aliphatic rings. The molecule has 3 rings (SSSR count). The van der Waals surface area contributed by atoms with E-state index in [1.165, 1.54) is 0 Å². The van der Waals surface area contributed by atoms with Gasteiger partial charge in [0.05, 0.1) is 11.7 Å². The summed E-state index contributed by atoms with van der Waals surface area (Å²) in [5.74, 6) is -0.359. The molecule has 132 valence electrons. The van der Waals surface area contributed by atoms with Crippen molar-refractivity contribution >= 4 is 5.97 Å². The minimum absolute atomic E-state index is 0.333. The quantitative estimate of drug-likeness (QED) is 0.852. The number of aliphatic hydroxyl groups is 1. The van der Waals surface area contributed by atoms with Gasteiger partial charge in [-0.15, -0.1) is 0 Å². The topological polar surface area (TPSA) is 79.2 Å². The van der Waals surface area contributed by atoms with Crippen molar-refractivity contribution in [1.82, 2.24) is 4.90 Å². The summed E-state index contributed by atoms with van der Waals surface area (Å²) >= 11 is 0. The lowest BCUT2D eigenvalue weighted by molar-refractivity contribution is -0.177. The Kier molecular flexibility index (Phi) is 5.38. The molecule has 2 saturated heterocycles. The van der Waals surface area contributed by atoms with E-state index < -0.39 is 5.97 Å². The van der Waals surface area contributed by atoms with Crippen molar-refractivity contribution in [2.45, 2.75) is 43.9 Å². The van der Waals surface area contributed by atoms with Crippen LogP contribution in [0.5, 0.6) is 5.75 Å². The lowest BCUT2D eigenvalue weighted by atomic mass is 9.82. The molecule has 0 amide bonds. The first kappa shape index (κ1) is 17.2. The fourth-order valence-electron chi connectivity index (χ4n) is 3.63. The third kappa shape index (κ3) is 3.88. The fourth-order valence-corrected chi connectivity index (χ4v) is 3.63. The molecular formula is C18H25NO5. The summed E-state index contributed by atoms with van der Waals surface area (Å²) in [7, 11) is 0. The Balaban J connectivity index is 1.59. The van der Waals surface area contributed by atoms with Gasteiger partial charge in [0, 0.05) is 31.8 Å². The van der Waals surface area contributed by atoms with Crippen LogP contribution in [0.15, 0.2) is 24.3 Å². The summed E-state index contributed by atoms with van der Waals surface area (Å²) in [6.45, 7) is 2.82. The summed E-state index contributed by atoms with van der Waals surface area (Å²) in [5, 5.41) is 19.1. The number of aliphatic carboxylic acids is 1. The average Bonchev–Trinajstić information content (AvgIpc) is 2.59. The smallest absolute Gasteiger partial charge is 0.341 e. The molecule has 0 bridgehead atoms. The first-order valence-corrected chi connectivity index (χ1v) is 8.56. The fraction of sp³-hybridized carbons (Fsp3) is 0.611. The number of rotatable bonds is 5. The summed E-state index contributed by atoms with van der Waals surface area (Å²) in [4.78, 5) is 13.0. The van der Waals surface area contributed by atoms with E-state index in [4.69, 9.17) is 14.6 Å². The van der Waals surface area contributed by atoms with Crippen LogP contribution in [0, 0.1) is 0 Å². The molecule has 2 N–H and O–H groups in total. The number of carboxylic acids is 1. The summed E-state index contributed by atoms with van der Waals surface area (Å²) in [6.07, 6.45) is 3.05. The third-order valence-corrected chi connectivity index (χ3v) is 5.04. The van der Waals surface area contributed by atoms with Crippen LogP contribution >= 0.6 is 0 Å². The molecule has 6 heteroatoms. The van der Waals surface area contributed by atoms with Crippen molar-refractivity contribution in [3.63, 3.8) is 0 Å². The van der Waals surface area contributed by atoms with Crippen molar-refractivity contribution in [2.75, 3.05) is 26.3 Å². The molecule has 6 nitrogen and oxygen atoms in total. The Morgan fingerprint density at radius 3 is 2.79 bits per heavy atom. The number of benzene rings is 1. The number of piperidine rings is 1. The van der Waals surface area contributed by atoms with Crippen molar-refractivity contribution in [1.29, 1.82) is 0 Å². The van der Waals surface area contributed by atoms with E-state index in [-0.39, 0.29) is 18.3 Å². The van der Waals surface area contributed by atoms with E-state index in [2.05, 4.69) is 4.90 Å². The molecule has 2 aliphatic heterocycles. The number of likely N-dealkylation sites (tertiary alicyclic amines) is 1. The van der Waals surface area contributed by atoms with E-state index in [1.54, 1.807) is 6.07 Å². The second-order valence-electron chi connectivity index (χ2n) is 6.64. The van der Waals surface area contributed by atoms with Gasteiger partial charge < -0.3 is 19.7 Å². The normalized spacial score (nSPS) is 24.0. The standard InChI is InChI=1S/C18H25NO5/c20-16-6-3-11-24-18(16)7-9-19(10-8-18)12-14-4-1-2-5-15(14)23-13-17(21)22/h1-2,4-5,16,20H,3,6-13H2,(H,21,22)/t16-/m1/s1. The number of carboxylic acid groups (broad SMARTS) is 1. The molecule has 1 aromatic rings. The number of hydrogen-bond donors (Lipinski definition) is 2. The highest BCUT2D eigenvalue weighted by Gasteiger charge is 2.43. The van der Waals surface area contributed by atoms with Crippen LogP contribution in [0.3, 0.4) is 0 Å². The zero-order valence-electron chi connectivity index (χ0n) is 13.8. The lowest BCUT2D eigenvalue weighted by Crippen LogP contribution is -2.55. The van der Waals surface area contributed by atoms with Crippen molar-refractivity contribution < 1.29 is 24.5 Å². The number of ether oxygens (including phenoxy) is 2. The summed E-state index contributed by atoms with van der Waals surface area (Å²) < 4.78 is 11.3. The second kappa shape index (κ2) is 7.51. The van der Waals surface area contributed by atoms with Gasteiger partial charge in [-0.25, -0.2) is 4.79 Å². The monoisotopic (exact) mass is 335 g/mol. The van der Waals surface area contributed by atoms with Crippen LogP contribution in [0.25, 0.3) is 0 Å². The Labute approximate surface area is 142 Å². The predicted octanol–water partition coefficient (Wildman–Crippen LogP) is 1.66. The van der Waals surface area contributed by atoms with Crippen LogP contribution in [0.2, 0.25) is 0 Å². The third-order valence-electron chi connectivity index (χ3n) is 5.04. The molecule has 1 aromatic carbocycles. The van der Waals surface area contributed by atoms with Crippen LogP contribution in [0.4, 0.5) is 0 Å². The molecule has 24 heavy (non-hydrogen) atoms. The first-order chi connectivity index (χ1) is 11.6. The number of para-hydroxylation sites is 1. The van der Waals surface area contributed by atoms with Crippen LogP contribution < -0.4 is 4.74 Å². The lowest BCUT2D eigenvalue weighted by Gasteiger charge is -2.46. The maximum atomic E-state index is 10.7. The molecule has 0 unspecified atom stereocenters. The Morgan fingerprint density at radius 1 is 1.33 bits per heavy atom. The van der Waals surface area contributed by atoms with E-state index in [1.807, 2.05) is 18.2 Å². The molecule has 2 fully saturated rings. The number of hydrogen-bond acceptors (Lipinski definition) is 5. The van der Waals surface area contributed by atoms with Crippen LogP contribution in [-0.4, -0.2) is 59.1 Å². The Bertz CT molecular complexity index is 568. The van der Waals surface area contributed by atoms with Gasteiger partial charge in [0.15, 0.2) is 6.61 Å². The SMILES string of the molecule is O=C(O)COc1ccccc1CN1CCC2(CC1)OCCC[C@H]2O. The number of carbonyl (C=O) groups is 1. The molecule has 0 saturated carbocycles. The van der Waals surface area contributed by atoms with Gasteiger partial charge in [-0.05, 0) is 31.7 Å². The van der Waals surface area contributed by atoms with Crippen molar-refractivity contribution in [3.05, 3.63) is 29.8 Å². The van der Waals surface area contributed by atoms with Gasteiger partial charge in [0.1, 0.15) is 5.75 Å². The molecule has 1 atom stereocenters. The zero-order chi connectivity index (χ0) is 17.0. The van der Waals surface area contributed by atoms with Gasteiger partial charge >= 0.3 is 5.97 Å². The number of nitrogens with zero attached hydrogens (tertiary/aromatic N) is 1. The van der Waals surface area contributed by atoms with Gasteiger partial charge in [-0.2, -0.15) is 0 Å². The molecule has 1 spiro atoms. The highest BCUT2D eigenvalue weighted by molar-refractivity contribution is 5.68. The zero-order valence-corrected chi connectivity index (χ0v) is 13.8. The molecule has 2 heterocycles. The van der Waals surface area contributed by atoms with E-state index in [0.717, 1.165) is 50.9 Å². The second-order valence-corrected chi connectivity index (χ2v) is 6.64. The molecule has 0 aromatic heterocycles. The summed E-state index contributed by atoms with van der Waals surface area (Å²) in [5.41, 5.74) is 0.619. The van der Waals surface area contributed by atoms with Crippen LogP contribution in [-0.2, 0) is 16.1 Å².